The van der Waals surface area contributed by atoms with E-state index in [0.29, 0.717) is 11.7 Å². The van der Waals surface area contributed by atoms with Crippen LogP contribution in [-0.4, -0.2) is 19.4 Å². The van der Waals surface area contributed by atoms with Crippen LogP contribution in [0.3, 0.4) is 0 Å². The van der Waals surface area contributed by atoms with Crippen LogP contribution in [0.25, 0.3) is 0 Å². The molecule has 0 bridgehead atoms. The Morgan fingerprint density at radius 1 is 1.00 bits per heavy atom. The average Bonchev–Trinajstić information content (AvgIpc) is 2.29. The van der Waals surface area contributed by atoms with E-state index in [0.717, 1.165) is 25.7 Å². The maximum absolute atomic E-state index is 11.4. The van der Waals surface area contributed by atoms with Crippen LogP contribution in [0.15, 0.2) is 0 Å². The zero-order chi connectivity index (χ0) is 7.90. The zero-order valence-corrected chi connectivity index (χ0v) is 7.44. The summed E-state index contributed by atoms with van der Waals surface area (Å²) < 4.78 is 22.8. The third kappa shape index (κ3) is 1.19. The second-order valence-electron chi connectivity index (χ2n) is 3.74. The SMILES string of the molecule is O=S1(=O)CCC2CCCCC21. The molecule has 0 aromatic rings. The quantitative estimate of drug-likeness (QED) is 0.555. The van der Waals surface area contributed by atoms with Crippen molar-refractivity contribution in [3.8, 4) is 0 Å². The molecule has 1 saturated heterocycles. The summed E-state index contributed by atoms with van der Waals surface area (Å²) in [4.78, 5) is 0. The van der Waals surface area contributed by atoms with Gasteiger partial charge in [0.2, 0.25) is 0 Å². The first kappa shape index (κ1) is 7.59. The first-order chi connectivity index (χ1) is 5.20. The van der Waals surface area contributed by atoms with Crippen LogP contribution >= 0.6 is 0 Å². The minimum Gasteiger partial charge on any atom is -0.229 e. The fourth-order valence-electron chi connectivity index (χ4n) is 2.44. The van der Waals surface area contributed by atoms with Crippen LogP contribution in [0.2, 0.25) is 0 Å². The van der Waals surface area contributed by atoms with Crippen molar-refractivity contribution in [1.82, 2.24) is 0 Å². The van der Waals surface area contributed by atoms with Crippen molar-refractivity contribution in [2.24, 2.45) is 5.92 Å². The van der Waals surface area contributed by atoms with Crippen LogP contribution in [0.5, 0.6) is 0 Å². The van der Waals surface area contributed by atoms with Crippen molar-refractivity contribution in [2.75, 3.05) is 5.75 Å². The van der Waals surface area contributed by atoms with Crippen LogP contribution in [0.1, 0.15) is 32.1 Å². The molecule has 0 N–H and O–H groups in total. The monoisotopic (exact) mass is 174 g/mol. The summed E-state index contributed by atoms with van der Waals surface area (Å²) in [5.41, 5.74) is 0. The van der Waals surface area contributed by atoms with E-state index in [-0.39, 0.29) is 5.25 Å². The van der Waals surface area contributed by atoms with E-state index in [1.807, 2.05) is 0 Å². The average molecular weight is 174 g/mol. The summed E-state index contributed by atoms with van der Waals surface area (Å²) in [5, 5.41) is 0.0521. The van der Waals surface area contributed by atoms with Gasteiger partial charge >= 0.3 is 0 Å². The van der Waals surface area contributed by atoms with Gasteiger partial charge in [0.05, 0.1) is 11.0 Å². The van der Waals surface area contributed by atoms with Crippen molar-refractivity contribution in [1.29, 1.82) is 0 Å². The molecular weight excluding hydrogens is 160 g/mol. The van der Waals surface area contributed by atoms with Crippen LogP contribution < -0.4 is 0 Å². The van der Waals surface area contributed by atoms with E-state index in [4.69, 9.17) is 0 Å². The Bertz CT molecular complexity index is 243. The highest BCUT2D eigenvalue weighted by Gasteiger charge is 2.40. The Hall–Kier alpha value is -0.0500. The van der Waals surface area contributed by atoms with Crippen LogP contribution in [0, 0.1) is 5.92 Å². The van der Waals surface area contributed by atoms with Gasteiger partial charge in [0.1, 0.15) is 0 Å². The van der Waals surface area contributed by atoms with E-state index in [1.54, 1.807) is 0 Å². The molecule has 11 heavy (non-hydrogen) atoms. The van der Waals surface area contributed by atoms with Crippen molar-refractivity contribution < 1.29 is 8.42 Å². The van der Waals surface area contributed by atoms with Gasteiger partial charge in [-0.15, -0.1) is 0 Å². The summed E-state index contributed by atoms with van der Waals surface area (Å²) in [6, 6.07) is 0. The molecule has 1 aliphatic carbocycles. The minimum atomic E-state index is -2.65. The van der Waals surface area contributed by atoms with E-state index in [2.05, 4.69) is 0 Å². The van der Waals surface area contributed by atoms with Crippen LogP contribution in [0.4, 0.5) is 0 Å². The minimum absolute atomic E-state index is 0.0521. The molecule has 64 valence electrons. The Kier molecular flexibility index (Phi) is 1.71. The molecule has 2 aliphatic rings. The molecule has 0 spiro atoms. The first-order valence-corrected chi connectivity index (χ1v) is 6.13. The van der Waals surface area contributed by atoms with E-state index in [9.17, 15) is 8.42 Å². The van der Waals surface area contributed by atoms with Crippen molar-refractivity contribution in [2.45, 2.75) is 37.4 Å². The zero-order valence-electron chi connectivity index (χ0n) is 6.62. The lowest BCUT2D eigenvalue weighted by atomic mass is 9.87. The lowest BCUT2D eigenvalue weighted by molar-refractivity contribution is 0.372. The number of sulfone groups is 1. The molecule has 2 rings (SSSR count). The molecular formula is C8H14O2S. The Labute approximate surface area is 67.9 Å². The number of hydrogen-bond acceptors (Lipinski definition) is 2. The standard InChI is InChI=1S/C8H14O2S/c9-11(10)6-5-7-3-1-2-4-8(7)11/h7-8H,1-6H2. The van der Waals surface area contributed by atoms with Gasteiger partial charge in [-0.3, -0.25) is 0 Å². The van der Waals surface area contributed by atoms with Crippen LogP contribution in [-0.2, 0) is 9.84 Å². The Morgan fingerprint density at radius 2 is 1.73 bits per heavy atom. The van der Waals surface area contributed by atoms with Gasteiger partial charge in [0, 0.05) is 0 Å². The molecule has 1 saturated carbocycles. The largest absolute Gasteiger partial charge is 0.229 e. The highest BCUT2D eigenvalue weighted by molar-refractivity contribution is 7.92. The molecule has 0 aromatic heterocycles. The topological polar surface area (TPSA) is 34.1 Å². The molecule has 2 nitrogen and oxygen atoms in total. The molecule has 3 heteroatoms. The van der Waals surface area contributed by atoms with Gasteiger partial charge in [-0.1, -0.05) is 12.8 Å². The lowest BCUT2D eigenvalue weighted by Gasteiger charge is -2.23. The maximum atomic E-state index is 11.4. The van der Waals surface area contributed by atoms with Gasteiger partial charge in [-0.2, -0.15) is 0 Å². The molecule has 1 aliphatic heterocycles. The normalized spacial score (nSPS) is 41.8. The summed E-state index contributed by atoms with van der Waals surface area (Å²) in [6.45, 7) is 0. The number of rotatable bonds is 0. The van der Waals surface area contributed by atoms with Crippen molar-refractivity contribution in [3.05, 3.63) is 0 Å². The second kappa shape index (κ2) is 2.47. The summed E-state index contributed by atoms with van der Waals surface area (Å²) >= 11 is 0. The van der Waals surface area contributed by atoms with Crippen molar-refractivity contribution >= 4 is 9.84 Å². The fourth-order valence-corrected chi connectivity index (χ4v) is 4.76. The van der Waals surface area contributed by atoms with Gasteiger partial charge < -0.3 is 0 Å². The van der Waals surface area contributed by atoms with E-state index in [1.165, 1.54) is 6.42 Å². The van der Waals surface area contributed by atoms with E-state index >= 15 is 0 Å². The van der Waals surface area contributed by atoms with Gasteiger partial charge in [0.25, 0.3) is 0 Å². The number of fused-ring (bicyclic) bond motifs is 1. The van der Waals surface area contributed by atoms with E-state index < -0.39 is 9.84 Å². The summed E-state index contributed by atoms with van der Waals surface area (Å²) in [7, 11) is -2.65. The third-order valence-corrected chi connectivity index (χ3v) is 5.42. The molecule has 1 heterocycles. The molecule has 0 radical (unpaired) electrons. The van der Waals surface area contributed by atoms with Crippen molar-refractivity contribution in [3.63, 3.8) is 0 Å². The summed E-state index contributed by atoms with van der Waals surface area (Å²) in [6.07, 6.45) is 5.40. The Morgan fingerprint density at radius 3 is 2.45 bits per heavy atom. The predicted molar refractivity (Wildman–Crippen MR) is 44.1 cm³/mol. The molecule has 0 aromatic carbocycles. The second-order valence-corrected chi connectivity index (χ2v) is 6.08. The maximum Gasteiger partial charge on any atom is 0.153 e. The molecule has 2 atom stereocenters. The molecule has 0 amide bonds. The summed E-state index contributed by atoms with van der Waals surface area (Å²) in [5.74, 6) is 0.983. The van der Waals surface area contributed by atoms with Gasteiger partial charge in [-0.05, 0) is 25.2 Å². The fraction of sp³-hybridized carbons (Fsp3) is 1.00. The van der Waals surface area contributed by atoms with Gasteiger partial charge in [0.15, 0.2) is 9.84 Å². The Balaban J connectivity index is 2.23. The first-order valence-electron chi connectivity index (χ1n) is 4.42. The highest BCUT2D eigenvalue weighted by atomic mass is 32.2. The third-order valence-electron chi connectivity index (χ3n) is 3.07. The van der Waals surface area contributed by atoms with Gasteiger partial charge in [-0.25, -0.2) is 8.42 Å². The number of hydrogen-bond donors (Lipinski definition) is 0. The highest BCUT2D eigenvalue weighted by Crippen LogP contribution is 2.37. The molecule has 2 fully saturated rings. The molecule has 2 unspecified atom stereocenters. The predicted octanol–water partition coefficient (Wildman–Crippen LogP) is 1.36. The smallest absolute Gasteiger partial charge is 0.153 e. The lowest BCUT2D eigenvalue weighted by Crippen LogP contribution is -2.25.